The Morgan fingerprint density at radius 3 is 2.65 bits per heavy atom. The molecule has 2 fully saturated rings. The number of hydrogen-bond donors (Lipinski definition) is 2. The highest BCUT2D eigenvalue weighted by Crippen LogP contribution is 2.51. The Bertz CT molecular complexity index is 1240. The lowest BCUT2D eigenvalue weighted by Gasteiger charge is -2.47. The van der Waals surface area contributed by atoms with Crippen LogP contribution in [0.5, 0.6) is 11.5 Å². The summed E-state index contributed by atoms with van der Waals surface area (Å²) in [5.74, 6) is 0.0913. The normalized spacial score (nSPS) is 25.6. The van der Waals surface area contributed by atoms with Crippen molar-refractivity contribution in [3.63, 3.8) is 0 Å². The first-order valence-electron chi connectivity index (χ1n) is 12.7. The molecule has 37 heavy (non-hydrogen) atoms. The summed E-state index contributed by atoms with van der Waals surface area (Å²) in [4.78, 5) is 31.4. The number of nitrogens with one attached hydrogen (secondary N) is 2. The number of carbonyl (C=O) groups excluding carboxylic acids is 1. The Hall–Kier alpha value is -2.20. The first kappa shape index (κ1) is 26.4. The third-order valence-electron chi connectivity index (χ3n) is 8.12. The molecule has 3 heterocycles. The van der Waals surface area contributed by atoms with Crippen molar-refractivity contribution in [3.8, 4) is 11.5 Å². The zero-order valence-electron chi connectivity index (χ0n) is 21.7. The van der Waals surface area contributed by atoms with Gasteiger partial charge in [-0.25, -0.2) is 0 Å². The molecule has 2 aromatic rings. The molecular weight excluding hydrogens is 514 g/mol. The number of methoxy groups -OCH3 is 1. The molecule has 10 heteroatoms. The van der Waals surface area contributed by atoms with E-state index in [1.165, 1.54) is 11.8 Å². The standard InChI is InChI=1S/C27H34ClN3O5S/c1-15-19(25(32)30-12-20-22(37-4)9-10-29-26(20)33)11-21(28)24-23(15)35-27(2,36-24)16-5-7-17(8-6-16)31-13-18(14-31)34-3/h9-11,16-18H,5-8,12-14H2,1-4H3,(H,29,33)(H,30,32). The number of H-pyrrole nitrogens is 1. The quantitative estimate of drug-likeness (QED) is 0.497. The number of fused-ring (bicyclic) bond motifs is 1. The first-order chi connectivity index (χ1) is 17.7. The van der Waals surface area contributed by atoms with E-state index in [1.807, 2.05) is 26.2 Å². The summed E-state index contributed by atoms with van der Waals surface area (Å²) < 4.78 is 18.2. The second-order valence-corrected chi connectivity index (χ2v) is 11.5. The van der Waals surface area contributed by atoms with Gasteiger partial charge in [0.25, 0.3) is 17.3 Å². The molecule has 2 N–H and O–H groups in total. The van der Waals surface area contributed by atoms with Gasteiger partial charge in [-0.05, 0) is 51.0 Å². The fraction of sp³-hybridized carbons (Fsp3) is 0.556. The van der Waals surface area contributed by atoms with E-state index in [-0.39, 0.29) is 23.9 Å². The van der Waals surface area contributed by atoms with E-state index in [2.05, 4.69) is 15.2 Å². The minimum atomic E-state index is -0.828. The van der Waals surface area contributed by atoms with Crippen LogP contribution in [0.25, 0.3) is 0 Å². The molecule has 1 aliphatic carbocycles. The van der Waals surface area contributed by atoms with E-state index >= 15 is 0 Å². The third kappa shape index (κ3) is 4.99. The summed E-state index contributed by atoms with van der Waals surface area (Å²) >= 11 is 8.07. The van der Waals surface area contributed by atoms with Crippen LogP contribution in [0.3, 0.4) is 0 Å². The summed E-state index contributed by atoms with van der Waals surface area (Å²) in [6.45, 7) is 5.95. The number of carbonyl (C=O) groups is 1. The molecule has 1 unspecified atom stereocenters. The summed E-state index contributed by atoms with van der Waals surface area (Å²) in [7, 11) is 1.78. The molecule has 1 saturated carbocycles. The van der Waals surface area contributed by atoms with Crippen LogP contribution in [0.4, 0.5) is 0 Å². The van der Waals surface area contributed by atoms with Gasteiger partial charge in [0.1, 0.15) is 0 Å². The highest BCUT2D eigenvalue weighted by molar-refractivity contribution is 7.98. The van der Waals surface area contributed by atoms with E-state index in [0.717, 1.165) is 43.7 Å². The number of pyridine rings is 1. The highest BCUT2D eigenvalue weighted by atomic mass is 35.5. The van der Waals surface area contributed by atoms with E-state index in [1.54, 1.807) is 19.4 Å². The number of hydrogen-bond acceptors (Lipinski definition) is 7. The van der Waals surface area contributed by atoms with Crippen LogP contribution in [-0.2, 0) is 11.3 Å². The van der Waals surface area contributed by atoms with E-state index in [0.29, 0.717) is 45.4 Å². The zero-order valence-corrected chi connectivity index (χ0v) is 23.3. The van der Waals surface area contributed by atoms with Gasteiger partial charge < -0.3 is 24.5 Å². The van der Waals surface area contributed by atoms with Crippen LogP contribution >= 0.6 is 23.4 Å². The lowest BCUT2D eigenvalue weighted by atomic mass is 9.80. The van der Waals surface area contributed by atoms with Gasteiger partial charge in [-0.3, -0.25) is 14.5 Å². The predicted octanol–water partition coefficient (Wildman–Crippen LogP) is 4.37. The molecule has 2 aliphatic heterocycles. The Kier molecular flexibility index (Phi) is 7.51. The number of benzene rings is 1. The number of likely N-dealkylation sites (tertiary alicyclic amines) is 1. The third-order valence-corrected chi connectivity index (χ3v) is 9.23. The summed E-state index contributed by atoms with van der Waals surface area (Å²) in [5, 5.41) is 3.21. The lowest BCUT2D eigenvalue weighted by Crippen LogP contribution is -2.57. The molecule has 3 aliphatic rings. The number of nitrogens with zero attached hydrogens (tertiary/aromatic N) is 1. The van der Waals surface area contributed by atoms with Gasteiger partial charge in [0.2, 0.25) is 0 Å². The minimum absolute atomic E-state index is 0.111. The van der Waals surface area contributed by atoms with Crippen LogP contribution in [0, 0.1) is 12.8 Å². The van der Waals surface area contributed by atoms with Crippen LogP contribution < -0.4 is 20.3 Å². The second kappa shape index (κ2) is 10.5. The van der Waals surface area contributed by atoms with Crippen molar-refractivity contribution in [2.75, 3.05) is 26.5 Å². The fourth-order valence-electron chi connectivity index (χ4n) is 5.75. The van der Waals surface area contributed by atoms with Crippen LogP contribution in [0.15, 0.2) is 28.0 Å². The van der Waals surface area contributed by atoms with Crippen molar-refractivity contribution in [2.24, 2.45) is 5.92 Å². The van der Waals surface area contributed by atoms with Crippen LogP contribution in [0.1, 0.15) is 54.1 Å². The van der Waals surface area contributed by atoms with Gasteiger partial charge in [0.15, 0.2) is 11.5 Å². The molecule has 0 radical (unpaired) electrons. The minimum Gasteiger partial charge on any atom is -0.448 e. The van der Waals surface area contributed by atoms with Crippen molar-refractivity contribution < 1.29 is 19.0 Å². The molecule has 1 saturated heterocycles. The lowest BCUT2D eigenvalue weighted by molar-refractivity contribution is -0.130. The van der Waals surface area contributed by atoms with Crippen molar-refractivity contribution in [3.05, 3.63) is 50.4 Å². The first-order valence-corrected chi connectivity index (χ1v) is 14.3. The average Bonchev–Trinajstić information content (AvgIpc) is 3.24. The van der Waals surface area contributed by atoms with Gasteiger partial charge in [0.05, 0.1) is 11.1 Å². The molecule has 1 aromatic heterocycles. The molecule has 0 spiro atoms. The van der Waals surface area contributed by atoms with Crippen LogP contribution in [-0.4, -0.2) is 60.2 Å². The molecule has 1 atom stereocenters. The Balaban J connectivity index is 1.27. The molecule has 1 amide bonds. The molecule has 0 bridgehead atoms. The number of halogens is 1. The van der Waals surface area contributed by atoms with Crippen molar-refractivity contribution in [1.82, 2.24) is 15.2 Å². The molecular formula is C27H34ClN3O5S. The maximum atomic E-state index is 13.1. The number of ether oxygens (including phenoxy) is 3. The van der Waals surface area contributed by atoms with Crippen molar-refractivity contribution in [1.29, 1.82) is 0 Å². The van der Waals surface area contributed by atoms with E-state index in [9.17, 15) is 9.59 Å². The maximum absolute atomic E-state index is 13.1. The van der Waals surface area contributed by atoms with E-state index in [4.69, 9.17) is 25.8 Å². The summed E-state index contributed by atoms with van der Waals surface area (Å²) in [5.41, 5.74) is 1.38. The number of aromatic nitrogens is 1. The number of thioether (sulfide) groups is 1. The number of aromatic amines is 1. The smallest absolute Gasteiger partial charge is 0.254 e. The largest absolute Gasteiger partial charge is 0.448 e. The maximum Gasteiger partial charge on any atom is 0.254 e. The molecule has 200 valence electrons. The van der Waals surface area contributed by atoms with Gasteiger partial charge >= 0.3 is 0 Å². The topological polar surface area (TPSA) is 92.9 Å². The van der Waals surface area contributed by atoms with Gasteiger partial charge in [-0.2, -0.15) is 0 Å². The second-order valence-electron chi connectivity index (χ2n) is 10.3. The molecule has 1 aromatic carbocycles. The monoisotopic (exact) mass is 547 g/mol. The van der Waals surface area contributed by atoms with Gasteiger partial charge in [-0.15, -0.1) is 11.8 Å². The fourth-order valence-corrected chi connectivity index (χ4v) is 6.59. The van der Waals surface area contributed by atoms with Crippen molar-refractivity contribution in [2.45, 2.75) is 68.9 Å². The highest BCUT2D eigenvalue weighted by Gasteiger charge is 2.48. The SMILES string of the molecule is COC1CN(C2CCC(C3(C)Oc4c(Cl)cc(C(=O)NCc5c(SC)cc[nH]c5=O)c(C)c4O3)CC2)C1. The van der Waals surface area contributed by atoms with Crippen molar-refractivity contribution >= 4 is 29.3 Å². The van der Waals surface area contributed by atoms with Gasteiger partial charge in [0, 0.05) is 73.4 Å². The Morgan fingerprint density at radius 2 is 1.97 bits per heavy atom. The Labute approximate surface area is 226 Å². The zero-order chi connectivity index (χ0) is 26.3. The predicted molar refractivity (Wildman–Crippen MR) is 144 cm³/mol. The summed E-state index contributed by atoms with van der Waals surface area (Å²) in [6.07, 6.45) is 8.05. The van der Waals surface area contributed by atoms with Crippen LogP contribution in [0.2, 0.25) is 5.02 Å². The van der Waals surface area contributed by atoms with Gasteiger partial charge in [-0.1, -0.05) is 11.6 Å². The average molecular weight is 548 g/mol. The Morgan fingerprint density at radius 1 is 1.27 bits per heavy atom. The molecule has 5 rings (SSSR count). The van der Waals surface area contributed by atoms with E-state index < -0.39 is 5.79 Å². The summed E-state index contributed by atoms with van der Waals surface area (Å²) in [6, 6.07) is 4.03. The molecule has 8 nitrogen and oxygen atoms in total. The number of rotatable bonds is 7. The number of amides is 1.